The van der Waals surface area contributed by atoms with Crippen LogP contribution in [0.1, 0.15) is 39.5 Å². The van der Waals surface area contributed by atoms with E-state index in [0.717, 1.165) is 6.42 Å². The number of methoxy groups -OCH3 is 1. The number of amides is 1. The first-order valence-electron chi connectivity index (χ1n) is 8.16. The fraction of sp³-hybridized carbons (Fsp3) is 0.611. The molecule has 1 amide bonds. The topological polar surface area (TPSA) is 47.6 Å². The average molecular weight is 305 g/mol. The molecule has 1 aromatic carbocycles. The summed E-state index contributed by atoms with van der Waals surface area (Å²) in [5.74, 6) is 1.70. The van der Waals surface area contributed by atoms with Gasteiger partial charge in [-0.05, 0) is 36.8 Å². The number of para-hydroxylation sites is 2. The Labute approximate surface area is 133 Å². The first-order chi connectivity index (χ1) is 10.6. The summed E-state index contributed by atoms with van der Waals surface area (Å²) < 4.78 is 11.1. The van der Waals surface area contributed by atoms with Gasteiger partial charge in [0.2, 0.25) is 5.91 Å². The van der Waals surface area contributed by atoms with Crippen molar-refractivity contribution in [1.29, 1.82) is 0 Å². The highest BCUT2D eigenvalue weighted by molar-refractivity contribution is 5.93. The number of benzene rings is 1. The Morgan fingerprint density at radius 2 is 2.00 bits per heavy atom. The fourth-order valence-electron chi connectivity index (χ4n) is 3.21. The van der Waals surface area contributed by atoms with Gasteiger partial charge in [0, 0.05) is 0 Å². The summed E-state index contributed by atoms with van der Waals surface area (Å²) in [5.41, 5.74) is 0.683. The number of nitrogens with one attached hydrogen (secondary N) is 1. The van der Waals surface area contributed by atoms with Crippen molar-refractivity contribution in [3.8, 4) is 5.75 Å². The van der Waals surface area contributed by atoms with Gasteiger partial charge in [-0.3, -0.25) is 4.79 Å². The number of hydrogen-bond acceptors (Lipinski definition) is 3. The zero-order valence-electron chi connectivity index (χ0n) is 13.8. The quantitative estimate of drug-likeness (QED) is 0.868. The Morgan fingerprint density at radius 1 is 1.27 bits per heavy atom. The fourth-order valence-corrected chi connectivity index (χ4v) is 3.21. The molecule has 0 spiro atoms. The molecule has 2 rings (SSSR count). The highest BCUT2D eigenvalue weighted by Crippen LogP contribution is 2.32. The molecule has 0 aromatic heterocycles. The van der Waals surface area contributed by atoms with Gasteiger partial charge >= 0.3 is 0 Å². The molecule has 1 saturated carbocycles. The van der Waals surface area contributed by atoms with Crippen molar-refractivity contribution in [2.24, 2.45) is 11.8 Å². The highest BCUT2D eigenvalue weighted by Gasteiger charge is 2.28. The zero-order valence-corrected chi connectivity index (χ0v) is 13.8. The van der Waals surface area contributed by atoms with Crippen LogP contribution in [0.5, 0.6) is 5.75 Å². The molecule has 1 aliphatic rings. The van der Waals surface area contributed by atoms with Gasteiger partial charge in [0.05, 0.1) is 18.9 Å². The molecule has 2 unspecified atom stereocenters. The molecule has 1 aromatic rings. The SMILES string of the molecule is COc1ccccc1NC(=O)COC1CCCCC1C(C)C. The standard InChI is InChI=1S/C18H27NO3/c1-13(2)14-8-4-6-10-16(14)22-12-18(20)19-15-9-5-7-11-17(15)21-3/h5,7,9,11,13-14,16H,4,6,8,10,12H2,1-3H3,(H,19,20). The number of ether oxygens (including phenoxy) is 2. The Balaban J connectivity index is 1.86. The third kappa shape index (κ3) is 4.47. The second-order valence-electron chi connectivity index (χ2n) is 6.29. The first kappa shape index (κ1) is 16.8. The highest BCUT2D eigenvalue weighted by atomic mass is 16.5. The molecule has 122 valence electrons. The second kappa shape index (κ2) is 8.18. The summed E-state index contributed by atoms with van der Waals surface area (Å²) in [4.78, 5) is 12.1. The predicted molar refractivity (Wildman–Crippen MR) is 88.2 cm³/mol. The van der Waals surface area contributed by atoms with Crippen LogP contribution in [0.4, 0.5) is 5.69 Å². The van der Waals surface area contributed by atoms with Crippen LogP contribution in [0.25, 0.3) is 0 Å². The van der Waals surface area contributed by atoms with Gasteiger partial charge in [-0.2, -0.15) is 0 Å². The lowest BCUT2D eigenvalue weighted by atomic mass is 9.79. The van der Waals surface area contributed by atoms with Crippen molar-refractivity contribution < 1.29 is 14.3 Å². The van der Waals surface area contributed by atoms with Gasteiger partial charge in [0.1, 0.15) is 12.4 Å². The van der Waals surface area contributed by atoms with Crippen molar-refractivity contribution in [1.82, 2.24) is 0 Å². The van der Waals surface area contributed by atoms with E-state index in [1.807, 2.05) is 24.3 Å². The summed E-state index contributed by atoms with van der Waals surface area (Å²) in [5, 5.41) is 2.86. The molecule has 1 N–H and O–H groups in total. The molecule has 0 radical (unpaired) electrons. The first-order valence-corrected chi connectivity index (χ1v) is 8.16. The van der Waals surface area contributed by atoms with E-state index in [1.54, 1.807) is 7.11 Å². The maximum absolute atomic E-state index is 12.1. The average Bonchev–Trinajstić information content (AvgIpc) is 2.53. The number of hydrogen-bond donors (Lipinski definition) is 1. The molecule has 1 aliphatic carbocycles. The smallest absolute Gasteiger partial charge is 0.250 e. The number of rotatable bonds is 6. The molecule has 4 heteroatoms. The van der Waals surface area contributed by atoms with Gasteiger partial charge < -0.3 is 14.8 Å². The van der Waals surface area contributed by atoms with Gasteiger partial charge in [0.25, 0.3) is 0 Å². The van der Waals surface area contributed by atoms with Gasteiger partial charge in [0.15, 0.2) is 0 Å². The number of carbonyl (C=O) groups is 1. The molecule has 0 aliphatic heterocycles. The summed E-state index contributed by atoms with van der Waals surface area (Å²) in [7, 11) is 1.59. The van der Waals surface area contributed by atoms with Crippen LogP contribution in [-0.2, 0) is 9.53 Å². The number of anilines is 1. The maximum Gasteiger partial charge on any atom is 0.250 e. The number of carbonyl (C=O) groups excluding carboxylic acids is 1. The van der Waals surface area contributed by atoms with Crippen LogP contribution >= 0.6 is 0 Å². The van der Waals surface area contributed by atoms with E-state index in [2.05, 4.69) is 19.2 Å². The van der Waals surface area contributed by atoms with Crippen LogP contribution < -0.4 is 10.1 Å². The maximum atomic E-state index is 12.1. The third-order valence-corrected chi connectivity index (χ3v) is 4.42. The molecule has 2 atom stereocenters. The van der Waals surface area contributed by atoms with Crippen molar-refractivity contribution in [2.75, 3.05) is 19.0 Å². The lowest BCUT2D eigenvalue weighted by Crippen LogP contribution is -2.34. The summed E-state index contributed by atoms with van der Waals surface area (Å²) in [6.07, 6.45) is 4.94. The molecule has 4 nitrogen and oxygen atoms in total. The molecular weight excluding hydrogens is 278 g/mol. The minimum atomic E-state index is -0.127. The van der Waals surface area contributed by atoms with Gasteiger partial charge in [-0.15, -0.1) is 0 Å². The van der Waals surface area contributed by atoms with E-state index in [0.29, 0.717) is 23.3 Å². The molecule has 0 heterocycles. The van der Waals surface area contributed by atoms with Crippen LogP contribution in [0.2, 0.25) is 0 Å². The second-order valence-corrected chi connectivity index (χ2v) is 6.29. The molecule has 1 fully saturated rings. The molecule has 0 saturated heterocycles. The van der Waals surface area contributed by atoms with Crippen molar-refractivity contribution in [3.63, 3.8) is 0 Å². The monoisotopic (exact) mass is 305 g/mol. The van der Waals surface area contributed by atoms with E-state index in [1.165, 1.54) is 19.3 Å². The van der Waals surface area contributed by atoms with Crippen LogP contribution in [0, 0.1) is 11.8 Å². The Morgan fingerprint density at radius 3 is 2.73 bits per heavy atom. The lowest BCUT2D eigenvalue weighted by Gasteiger charge is -2.34. The summed E-state index contributed by atoms with van der Waals surface area (Å²) >= 11 is 0. The summed E-state index contributed by atoms with van der Waals surface area (Å²) in [6, 6.07) is 7.40. The molecule has 0 bridgehead atoms. The lowest BCUT2D eigenvalue weighted by molar-refractivity contribution is -0.125. The van der Waals surface area contributed by atoms with E-state index >= 15 is 0 Å². The van der Waals surface area contributed by atoms with E-state index in [4.69, 9.17) is 9.47 Å². The van der Waals surface area contributed by atoms with Gasteiger partial charge in [-0.25, -0.2) is 0 Å². The van der Waals surface area contributed by atoms with E-state index < -0.39 is 0 Å². The van der Waals surface area contributed by atoms with Crippen LogP contribution in [-0.4, -0.2) is 25.7 Å². The van der Waals surface area contributed by atoms with Crippen LogP contribution in [0.15, 0.2) is 24.3 Å². The Hall–Kier alpha value is -1.55. The van der Waals surface area contributed by atoms with Crippen molar-refractivity contribution >= 4 is 11.6 Å². The third-order valence-electron chi connectivity index (χ3n) is 4.42. The molecule has 22 heavy (non-hydrogen) atoms. The summed E-state index contributed by atoms with van der Waals surface area (Å²) in [6.45, 7) is 4.58. The minimum Gasteiger partial charge on any atom is -0.495 e. The Bertz CT molecular complexity index is 487. The largest absolute Gasteiger partial charge is 0.495 e. The van der Waals surface area contributed by atoms with Crippen LogP contribution in [0.3, 0.4) is 0 Å². The minimum absolute atomic E-state index is 0.103. The Kier molecular flexibility index (Phi) is 6.25. The normalized spacial score (nSPS) is 21.6. The van der Waals surface area contributed by atoms with Crippen molar-refractivity contribution in [2.45, 2.75) is 45.6 Å². The predicted octanol–water partition coefficient (Wildman–Crippen LogP) is 3.87. The molecular formula is C18H27NO3. The van der Waals surface area contributed by atoms with Gasteiger partial charge in [-0.1, -0.05) is 38.8 Å². The van der Waals surface area contributed by atoms with E-state index in [-0.39, 0.29) is 18.6 Å². The zero-order chi connectivity index (χ0) is 15.9. The van der Waals surface area contributed by atoms with Crippen molar-refractivity contribution in [3.05, 3.63) is 24.3 Å². The van der Waals surface area contributed by atoms with E-state index in [9.17, 15) is 4.79 Å².